The summed E-state index contributed by atoms with van der Waals surface area (Å²) in [6, 6.07) is 4.18. The third-order valence-corrected chi connectivity index (χ3v) is 2.18. The van der Waals surface area contributed by atoms with E-state index >= 15 is 0 Å². The lowest BCUT2D eigenvalue weighted by atomic mass is 10.1. The molecule has 0 heterocycles. The molecule has 0 aromatic heterocycles. The predicted octanol–water partition coefficient (Wildman–Crippen LogP) is 2.86. The molecule has 0 aliphatic rings. The van der Waals surface area contributed by atoms with Crippen LogP contribution in [0.1, 0.15) is 24.2 Å². The molecule has 1 rings (SSSR count). The second-order valence-corrected chi connectivity index (χ2v) is 4.11. The highest BCUT2D eigenvalue weighted by Crippen LogP contribution is 2.18. The molecule has 4 heteroatoms. The Hall–Kier alpha value is -1.09. The Morgan fingerprint density at radius 1 is 1.53 bits per heavy atom. The lowest BCUT2D eigenvalue weighted by Gasteiger charge is -2.09. The smallest absolute Gasteiger partial charge is 0.255 e. The summed E-state index contributed by atoms with van der Waals surface area (Å²) in [7, 11) is 0. The molecule has 0 radical (unpaired) electrons. The fourth-order valence-electron chi connectivity index (χ4n) is 1.10. The normalized spacial score (nSPS) is 10.5. The van der Waals surface area contributed by atoms with Crippen molar-refractivity contribution in [3.8, 4) is 0 Å². The molecule has 0 aliphatic heterocycles. The first-order valence-corrected chi connectivity index (χ1v) is 5.12. The average molecular weight is 230 g/mol. The van der Waals surface area contributed by atoms with Gasteiger partial charge in [0.1, 0.15) is 5.82 Å². The van der Waals surface area contributed by atoms with Crippen molar-refractivity contribution in [2.45, 2.75) is 13.8 Å². The van der Waals surface area contributed by atoms with E-state index in [-0.39, 0.29) is 10.6 Å². The van der Waals surface area contributed by atoms with E-state index in [1.807, 2.05) is 13.8 Å². The molecule has 1 aromatic rings. The second-order valence-electron chi connectivity index (χ2n) is 3.70. The van der Waals surface area contributed by atoms with Gasteiger partial charge >= 0.3 is 0 Å². The Bertz CT molecular complexity index is 345. The molecule has 0 aliphatic carbocycles. The maximum atomic E-state index is 13.3. The molecule has 0 spiro atoms. The first-order chi connectivity index (χ1) is 7.02. The van der Waals surface area contributed by atoms with E-state index in [2.05, 4.69) is 5.32 Å². The van der Waals surface area contributed by atoms with Gasteiger partial charge in [0.25, 0.3) is 5.91 Å². The molecule has 0 atom stereocenters. The second kappa shape index (κ2) is 5.12. The third kappa shape index (κ3) is 3.20. The van der Waals surface area contributed by atoms with E-state index in [9.17, 15) is 9.18 Å². The first-order valence-electron chi connectivity index (χ1n) is 4.74. The minimum atomic E-state index is -0.594. The van der Waals surface area contributed by atoms with Gasteiger partial charge in [-0.2, -0.15) is 0 Å². The highest BCUT2D eigenvalue weighted by molar-refractivity contribution is 6.33. The lowest BCUT2D eigenvalue weighted by molar-refractivity contribution is 0.0945. The molecule has 0 bridgehead atoms. The summed E-state index contributed by atoms with van der Waals surface area (Å²) in [6.45, 7) is 4.43. The Labute approximate surface area is 93.4 Å². The van der Waals surface area contributed by atoms with Crippen molar-refractivity contribution in [1.29, 1.82) is 0 Å². The van der Waals surface area contributed by atoms with Gasteiger partial charge in [0, 0.05) is 6.54 Å². The van der Waals surface area contributed by atoms with Crippen LogP contribution in [-0.4, -0.2) is 12.5 Å². The fourth-order valence-corrected chi connectivity index (χ4v) is 1.35. The first kappa shape index (κ1) is 12.0. The number of amides is 1. The number of nitrogens with one attached hydrogen (secondary N) is 1. The standard InChI is InChI=1S/C11H13ClFNO/c1-7(2)6-14-11(15)10-8(12)4-3-5-9(10)13/h3-5,7H,6H2,1-2H3,(H,14,15). The zero-order valence-electron chi connectivity index (χ0n) is 8.68. The molecular formula is C11H13ClFNO. The number of benzene rings is 1. The van der Waals surface area contributed by atoms with Crippen LogP contribution in [0.5, 0.6) is 0 Å². The Morgan fingerprint density at radius 2 is 2.20 bits per heavy atom. The van der Waals surface area contributed by atoms with Crippen LogP contribution in [0.4, 0.5) is 4.39 Å². The van der Waals surface area contributed by atoms with Gasteiger partial charge in [0.2, 0.25) is 0 Å². The SMILES string of the molecule is CC(C)CNC(=O)c1c(F)cccc1Cl. The van der Waals surface area contributed by atoms with Gasteiger partial charge in [-0.25, -0.2) is 4.39 Å². The van der Waals surface area contributed by atoms with E-state index in [1.54, 1.807) is 0 Å². The van der Waals surface area contributed by atoms with Crippen LogP contribution >= 0.6 is 11.6 Å². The van der Waals surface area contributed by atoms with Crippen LogP contribution in [0.25, 0.3) is 0 Å². The summed E-state index contributed by atoms with van der Waals surface area (Å²) in [5.74, 6) is -0.741. The minimum absolute atomic E-state index is 0.0835. The zero-order chi connectivity index (χ0) is 11.4. The summed E-state index contributed by atoms with van der Waals surface area (Å²) >= 11 is 5.74. The number of carbonyl (C=O) groups excluding carboxylic acids is 1. The van der Waals surface area contributed by atoms with E-state index in [0.717, 1.165) is 0 Å². The van der Waals surface area contributed by atoms with Crippen LogP contribution in [0, 0.1) is 11.7 Å². The van der Waals surface area contributed by atoms with Gasteiger partial charge in [-0.3, -0.25) is 4.79 Å². The number of rotatable bonds is 3. The van der Waals surface area contributed by atoms with Crippen molar-refractivity contribution in [2.24, 2.45) is 5.92 Å². The molecular weight excluding hydrogens is 217 g/mol. The maximum absolute atomic E-state index is 13.3. The van der Waals surface area contributed by atoms with E-state index in [0.29, 0.717) is 12.5 Å². The minimum Gasteiger partial charge on any atom is -0.352 e. The summed E-state index contributed by atoms with van der Waals surface area (Å²) in [6.07, 6.45) is 0. The highest BCUT2D eigenvalue weighted by atomic mass is 35.5. The van der Waals surface area contributed by atoms with Crippen LogP contribution in [-0.2, 0) is 0 Å². The fraction of sp³-hybridized carbons (Fsp3) is 0.364. The number of hydrogen-bond acceptors (Lipinski definition) is 1. The third-order valence-electron chi connectivity index (χ3n) is 1.86. The summed E-state index contributed by atoms with van der Waals surface area (Å²) in [5, 5.41) is 2.75. The number of halogens is 2. The molecule has 15 heavy (non-hydrogen) atoms. The number of carbonyl (C=O) groups is 1. The van der Waals surface area contributed by atoms with Crippen molar-refractivity contribution >= 4 is 17.5 Å². The largest absolute Gasteiger partial charge is 0.352 e. The zero-order valence-corrected chi connectivity index (χ0v) is 9.44. The van der Waals surface area contributed by atoms with Gasteiger partial charge in [-0.15, -0.1) is 0 Å². The van der Waals surface area contributed by atoms with Gasteiger partial charge < -0.3 is 5.32 Å². The summed E-state index contributed by atoms with van der Waals surface area (Å²) in [4.78, 5) is 11.6. The molecule has 2 nitrogen and oxygen atoms in total. The van der Waals surface area contributed by atoms with E-state index in [1.165, 1.54) is 18.2 Å². The quantitative estimate of drug-likeness (QED) is 0.849. The molecule has 0 unspecified atom stereocenters. The molecule has 1 aromatic carbocycles. The lowest BCUT2D eigenvalue weighted by Crippen LogP contribution is -2.28. The van der Waals surface area contributed by atoms with Crippen LogP contribution in [0.15, 0.2) is 18.2 Å². The summed E-state index contributed by atoms with van der Waals surface area (Å²) < 4.78 is 13.3. The van der Waals surface area contributed by atoms with Crippen molar-refractivity contribution < 1.29 is 9.18 Å². The Balaban J connectivity index is 2.82. The average Bonchev–Trinajstić information content (AvgIpc) is 2.14. The predicted molar refractivity (Wildman–Crippen MR) is 58.6 cm³/mol. The Kier molecular flexibility index (Phi) is 4.09. The molecule has 0 fully saturated rings. The van der Waals surface area contributed by atoms with Crippen LogP contribution in [0.2, 0.25) is 5.02 Å². The Morgan fingerprint density at radius 3 is 2.73 bits per heavy atom. The highest BCUT2D eigenvalue weighted by Gasteiger charge is 2.15. The van der Waals surface area contributed by atoms with Gasteiger partial charge in [0.15, 0.2) is 0 Å². The van der Waals surface area contributed by atoms with Gasteiger partial charge in [-0.1, -0.05) is 31.5 Å². The van der Waals surface area contributed by atoms with Gasteiger partial charge in [0.05, 0.1) is 10.6 Å². The topological polar surface area (TPSA) is 29.1 Å². The van der Waals surface area contributed by atoms with Crippen LogP contribution in [0.3, 0.4) is 0 Å². The van der Waals surface area contributed by atoms with Crippen molar-refractivity contribution in [1.82, 2.24) is 5.32 Å². The van der Waals surface area contributed by atoms with E-state index in [4.69, 9.17) is 11.6 Å². The molecule has 1 N–H and O–H groups in total. The monoisotopic (exact) mass is 229 g/mol. The summed E-state index contributed by atoms with van der Waals surface area (Å²) in [5.41, 5.74) is -0.0835. The van der Waals surface area contributed by atoms with Crippen molar-refractivity contribution in [3.63, 3.8) is 0 Å². The maximum Gasteiger partial charge on any atom is 0.255 e. The van der Waals surface area contributed by atoms with E-state index < -0.39 is 11.7 Å². The molecule has 0 saturated carbocycles. The van der Waals surface area contributed by atoms with Crippen LogP contribution < -0.4 is 5.32 Å². The molecule has 1 amide bonds. The van der Waals surface area contributed by atoms with Gasteiger partial charge in [-0.05, 0) is 18.1 Å². The molecule has 82 valence electrons. The number of hydrogen-bond donors (Lipinski definition) is 1. The van der Waals surface area contributed by atoms with Crippen molar-refractivity contribution in [2.75, 3.05) is 6.54 Å². The van der Waals surface area contributed by atoms with Crippen molar-refractivity contribution in [3.05, 3.63) is 34.6 Å². The molecule has 0 saturated heterocycles.